The summed E-state index contributed by atoms with van der Waals surface area (Å²) in [4.78, 5) is 41.0. The number of amides is 3. The largest absolute Gasteiger partial charge is 0.508 e. The number of carbonyl (C=O) groups excluding carboxylic acids is 3. The minimum absolute atomic E-state index is 0.0329. The number of phenols is 1. The van der Waals surface area contributed by atoms with Gasteiger partial charge in [-0.2, -0.15) is 12.6 Å². The highest BCUT2D eigenvalue weighted by molar-refractivity contribution is 7.80. The van der Waals surface area contributed by atoms with E-state index < -0.39 is 41.6 Å². The number of hydrogen-bond acceptors (Lipinski definition) is 7. The summed E-state index contributed by atoms with van der Waals surface area (Å²) in [6.45, 7) is 8.62. The molecular formula is C26H35N3O6S. The molecule has 2 aromatic rings. The van der Waals surface area contributed by atoms with E-state index in [0.717, 1.165) is 0 Å². The van der Waals surface area contributed by atoms with Crippen LogP contribution in [0.4, 0.5) is 10.5 Å². The lowest BCUT2D eigenvalue weighted by atomic mass is 10.00. The van der Waals surface area contributed by atoms with Crippen LogP contribution in [0.5, 0.6) is 11.5 Å². The van der Waals surface area contributed by atoms with Gasteiger partial charge in [0.05, 0.1) is 7.11 Å². The van der Waals surface area contributed by atoms with Crippen LogP contribution in [0.2, 0.25) is 0 Å². The Morgan fingerprint density at radius 1 is 1.06 bits per heavy atom. The van der Waals surface area contributed by atoms with Crippen LogP contribution in [-0.4, -0.2) is 58.5 Å². The highest BCUT2D eigenvalue weighted by atomic mass is 32.1. The Hall–Kier alpha value is -3.40. The number of anilines is 1. The number of methoxy groups -OCH3 is 1. The highest BCUT2D eigenvalue weighted by Gasteiger charge is 2.38. The van der Waals surface area contributed by atoms with Crippen LogP contribution in [0, 0.1) is 0 Å². The Balaban J connectivity index is 2.45. The zero-order chi connectivity index (χ0) is 27.0. The lowest BCUT2D eigenvalue weighted by molar-refractivity contribution is -0.142. The number of thiol groups is 1. The molecule has 0 fully saturated rings. The zero-order valence-corrected chi connectivity index (χ0v) is 22.3. The van der Waals surface area contributed by atoms with Crippen molar-refractivity contribution in [3.05, 3.63) is 54.1 Å². The summed E-state index contributed by atoms with van der Waals surface area (Å²) in [6, 6.07) is 10.3. The fourth-order valence-corrected chi connectivity index (χ4v) is 3.76. The Kier molecular flexibility index (Phi) is 10.0. The van der Waals surface area contributed by atoms with Crippen molar-refractivity contribution in [1.82, 2.24) is 10.2 Å². The molecule has 0 saturated heterocycles. The molecular weight excluding hydrogens is 482 g/mol. The van der Waals surface area contributed by atoms with Crippen molar-refractivity contribution in [3.63, 3.8) is 0 Å². The maximum absolute atomic E-state index is 13.7. The molecule has 0 aliphatic heterocycles. The number of aromatic hydroxyl groups is 1. The van der Waals surface area contributed by atoms with Gasteiger partial charge in [0.15, 0.2) is 0 Å². The fourth-order valence-electron chi connectivity index (χ4n) is 3.52. The summed E-state index contributed by atoms with van der Waals surface area (Å²) < 4.78 is 10.4. The third kappa shape index (κ3) is 7.81. The van der Waals surface area contributed by atoms with E-state index in [2.05, 4.69) is 23.3 Å². The van der Waals surface area contributed by atoms with Crippen LogP contribution in [0.1, 0.15) is 46.2 Å². The smallest absolute Gasteiger partial charge is 0.408 e. The van der Waals surface area contributed by atoms with Crippen LogP contribution in [0.25, 0.3) is 0 Å². The molecule has 0 saturated carbocycles. The van der Waals surface area contributed by atoms with Crippen molar-refractivity contribution in [2.45, 2.75) is 58.3 Å². The molecule has 196 valence electrons. The number of para-hydroxylation sites is 1. The van der Waals surface area contributed by atoms with Gasteiger partial charge < -0.3 is 30.1 Å². The monoisotopic (exact) mass is 517 g/mol. The normalized spacial score (nSPS) is 12.9. The van der Waals surface area contributed by atoms with E-state index in [0.29, 0.717) is 11.4 Å². The zero-order valence-electron chi connectivity index (χ0n) is 21.4. The third-order valence-electron chi connectivity index (χ3n) is 5.10. The summed E-state index contributed by atoms with van der Waals surface area (Å²) in [5.41, 5.74) is -0.0430. The first-order valence-corrected chi connectivity index (χ1v) is 12.2. The standard InChI is InChI=1S/C26H35N3O6S/c1-16(2)29(24(32)20(15-36)28-25(33)35-26(3,4)5)22(19-9-7-8-10-21(19)30)23(31)27-17-11-13-18(34-6)14-12-17/h7-14,16,20,22,30,36H,15H2,1-6H3,(H,27,31)(H,28,33). The first kappa shape index (κ1) is 28.8. The lowest BCUT2D eigenvalue weighted by Gasteiger charge is -2.37. The first-order chi connectivity index (χ1) is 16.9. The highest BCUT2D eigenvalue weighted by Crippen LogP contribution is 2.32. The molecule has 10 heteroatoms. The second-order valence-electron chi connectivity index (χ2n) is 9.40. The van der Waals surface area contributed by atoms with Gasteiger partial charge in [0.25, 0.3) is 5.91 Å². The van der Waals surface area contributed by atoms with Crippen molar-refractivity contribution in [2.75, 3.05) is 18.2 Å². The maximum atomic E-state index is 13.7. The van der Waals surface area contributed by atoms with E-state index in [1.54, 1.807) is 77.1 Å². The van der Waals surface area contributed by atoms with Crippen molar-refractivity contribution < 1.29 is 29.0 Å². The van der Waals surface area contributed by atoms with Crippen LogP contribution >= 0.6 is 12.6 Å². The lowest BCUT2D eigenvalue weighted by Crippen LogP contribution is -2.55. The van der Waals surface area contributed by atoms with Gasteiger partial charge in [-0.1, -0.05) is 18.2 Å². The number of carbonyl (C=O) groups is 3. The van der Waals surface area contributed by atoms with Crippen molar-refractivity contribution in [2.24, 2.45) is 0 Å². The second kappa shape index (κ2) is 12.5. The molecule has 2 aromatic carbocycles. The number of rotatable bonds is 9. The van der Waals surface area contributed by atoms with Gasteiger partial charge in [-0.05, 0) is 65.0 Å². The van der Waals surface area contributed by atoms with Gasteiger partial charge in [0, 0.05) is 23.0 Å². The van der Waals surface area contributed by atoms with E-state index in [1.807, 2.05) is 0 Å². The Morgan fingerprint density at radius 3 is 2.17 bits per heavy atom. The number of hydrogen-bond donors (Lipinski definition) is 4. The second-order valence-corrected chi connectivity index (χ2v) is 9.76. The Labute approximate surface area is 217 Å². The number of alkyl carbamates (subject to hydrolysis) is 1. The molecule has 0 aliphatic rings. The molecule has 0 heterocycles. The summed E-state index contributed by atoms with van der Waals surface area (Å²) in [7, 11) is 1.54. The Bertz CT molecular complexity index is 1050. The average molecular weight is 518 g/mol. The van der Waals surface area contributed by atoms with Crippen molar-refractivity contribution in [3.8, 4) is 11.5 Å². The minimum Gasteiger partial charge on any atom is -0.508 e. The topological polar surface area (TPSA) is 117 Å². The van der Waals surface area contributed by atoms with Gasteiger partial charge in [-0.25, -0.2) is 4.79 Å². The molecule has 36 heavy (non-hydrogen) atoms. The summed E-state index contributed by atoms with van der Waals surface area (Å²) in [6.07, 6.45) is -0.777. The number of ether oxygens (including phenoxy) is 2. The van der Waals surface area contributed by atoms with E-state index in [1.165, 1.54) is 18.1 Å². The summed E-state index contributed by atoms with van der Waals surface area (Å²) in [5, 5.41) is 16.0. The van der Waals surface area contributed by atoms with Crippen LogP contribution in [0.15, 0.2) is 48.5 Å². The van der Waals surface area contributed by atoms with Gasteiger partial charge in [-0.15, -0.1) is 0 Å². The SMILES string of the molecule is COc1ccc(NC(=O)C(c2ccccc2O)N(C(=O)C(CS)NC(=O)OC(C)(C)C)C(C)C)cc1. The average Bonchev–Trinajstić information content (AvgIpc) is 2.80. The predicted molar refractivity (Wildman–Crippen MR) is 141 cm³/mol. The predicted octanol–water partition coefficient (Wildman–Crippen LogP) is 4.14. The number of nitrogens with one attached hydrogen (secondary N) is 2. The Morgan fingerprint density at radius 2 is 1.67 bits per heavy atom. The molecule has 3 amide bonds. The quantitative estimate of drug-likeness (QED) is 0.372. The maximum Gasteiger partial charge on any atom is 0.408 e. The van der Waals surface area contributed by atoms with Crippen LogP contribution < -0.4 is 15.4 Å². The molecule has 0 bridgehead atoms. The van der Waals surface area contributed by atoms with E-state index in [-0.39, 0.29) is 17.1 Å². The summed E-state index contributed by atoms with van der Waals surface area (Å²) >= 11 is 4.25. The number of phenolic OH excluding ortho intramolecular Hbond substituents is 1. The van der Waals surface area contributed by atoms with Crippen LogP contribution in [-0.2, 0) is 14.3 Å². The van der Waals surface area contributed by atoms with E-state index in [4.69, 9.17) is 9.47 Å². The molecule has 0 aromatic heterocycles. The van der Waals surface area contributed by atoms with Crippen LogP contribution in [0.3, 0.4) is 0 Å². The van der Waals surface area contributed by atoms with Gasteiger partial charge in [0.1, 0.15) is 29.2 Å². The number of benzene rings is 2. The van der Waals surface area contributed by atoms with Gasteiger partial charge >= 0.3 is 6.09 Å². The molecule has 2 unspecified atom stereocenters. The van der Waals surface area contributed by atoms with Crippen molar-refractivity contribution in [1.29, 1.82) is 0 Å². The number of nitrogens with zero attached hydrogens (tertiary/aromatic N) is 1. The van der Waals surface area contributed by atoms with Crippen molar-refractivity contribution >= 4 is 36.2 Å². The third-order valence-corrected chi connectivity index (χ3v) is 5.46. The summed E-state index contributed by atoms with van der Waals surface area (Å²) in [5.74, 6) is -0.653. The fraction of sp³-hybridized carbons (Fsp3) is 0.423. The first-order valence-electron chi connectivity index (χ1n) is 11.5. The molecule has 0 radical (unpaired) electrons. The van der Waals surface area contributed by atoms with Gasteiger partial charge in [-0.3, -0.25) is 9.59 Å². The molecule has 9 nitrogen and oxygen atoms in total. The van der Waals surface area contributed by atoms with E-state index >= 15 is 0 Å². The molecule has 2 rings (SSSR count). The minimum atomic E-state index is -1.20. The van der Waals surface area contributed by atoms with Gasteiger partial charge in [0.2, 0.25) is 5.91 Å². The molecule has 0 spiro atoms. The molecule has 0 aliphatic carbocycles. The molecule has 3 N–H and O–H groups in total. The van der Waals surface area contributed by atoms with E-state index in [9.17, 15) is 19.5 Å². The molecule has 2 atom stereocenters.